The highest BCUT2D eigenvalue weighted by atomic mass is 32.1. The molecule has 2 aromatic heterocycles. The lowest BCUT2D eigenvalue weighted by atomic mass is 10.2. The third kappa shape index (κ3) is 4.34. The number of hydrogen-bond acceptors (Lipinski definition) is 7. The maximum Gasteiger partial charge on any atom is 0.573 e. The molecule has 2 atom stereocenters. The fourth-order valence-corrected chi connectivity index (χ4v) is 3.94. The van der Waals surface area contributed by atoms with Crippen LogP contribution in [0.25, 0.3) is 11.4 Å². The second kappa shape index (κ2) is 7.53. The van der Waals surface area contributed by atoms with Crippen molar-refractivity contribution in [2.75, 3.05) is 6.54 Å². The predicted molar refractivity (Wildman–Crippen MR) is 94.5 cm³/mol. The van der Waals surface area contributed by atoms with E-state index in [2.05, 4.69) is 19.8 Å². The molecule has 148 valence electrons. The van der Waals surface area contributed by atoms with Crippen LogP contribution in [0.3, 0.4) is 0 Å². The number of benzene rings is 1. The number of hydrogen-bond donors (Lipinski definition) is 1. The molecule has 4 rings (SSSR count). The topological polar surface area (TPSA) is 71.6 Å². The molecule has 0 bridgehead atoms. The summed E-state index contributed by atoms with van der Waals surface area (Å²) < 4.78 is 46.0. The van der Waals surface area contributed by atoms with Crippen LogP contribution < -0.4 is 4.74 Å². The Kier molecular flexibility index (Phi) is 5.09. The first kappa shape index (κ1) is 18.9. The molecule has 1 saturated heterocycles. The van der Waals surface area contributed by atoms with E-state index in [4.69, 9.17) is 4.52 Å². The summed E-state index contributed by atoms with van der Waals surface area (Å²) in [6, 6.07) is 9.04. The van der Waals surface area contributed by atoms with Gasteiger partial charge in [-0.25, -0.2) is 0 Å². The number of halogens is 3. The summed E-state index contributed by atoms with van der Waals surface area (Å²) in [7, 11) is 0. The first-order valence-electron chi connectivity index (χ1n) is 8.52. The lowest BCUT2D eigenvalue weighted by Gasteiger charge is -2.20. The fraction of sp³-hybridized carbons (Fsp3) is 0.333. The molecule has 1 N–H and O–H groups in total. The second-order valence-corrected chi connectivity index (χ2v) is 7.47. The van der Waals surface area contributed by atoms with Gasteiger partial charge in [0.1, 0.15) is 5.75 Å². The van der Waals surface area contributed by atoms with Crippen molar-refractivity contribution in [1.29, 1.82) is 0 Å². The Morgan fingerprint density at radius 3 is 2.71 bits per heavy atom. The van der Waals surface area contributed by atoms with Crippen molar-refractivity contribution < 1.29 is 27.5 Å². The minimum atomic E-state index is -4.74. The molecule has 1 aliphatic heterocycles. The van der Waals surface area contributed by atoms with Gasteiger partial charge in [0.05, 0.1) is 12.1 Å². The highest BCUT2D eigenvalue weighted by molar-refractivity contribution is 7.09. The van der Waals surface area contributed by atoms with Gasteiger partial charge in [-0.05, 0) is 42.1 Å². The average molecular weight is 411 g/mol. The molecule has 1 aliphatic rings. The molecule has 6 nitrogen and oxygen atoms in total. The van der Waals surface area contributed by atoms with E-state index in [1.807, 2.05) is 17.5 Å². The van der Waals surface area contributed by atoms with Crippen LogP contribution in [0.1, 0.15) is 23.2 Å². The van der Waals surface area contributed by atoms with Crippen LogP contribution in [0.2, 0.25) is 0 Å². The van der Waals surface area contributed by atoms with Crippen LogP contribution >= 0.6 is 11.3 Å². The van der Waals surface area contributed by atoms with Crippen LogP contribution in [0, 0.1) is 0 Å². The highest BCUT2D eigenvalue weighted by Gasteiger charge is 2.36. The Morgan fingerprint density at radius 1 is 1.25 bits per heavy atom. The molecule has 10 heteroatoms. The number of likely N-dealkylation sites (tertiary alicyclic amines) is 1. The van der Waals surface area contributed by atoms with Gasteiger partial charge in [0.15, 0.2) is 0 Å². The van der Waals surface area contributed by atoms with Crippen LogP contribution in [0.4, 0.5) is 13.2 Å². The molecule has 28 heavy (non-hydrogen) atoms. The van der Waals surface area contributed by atoms with Gasteiger partial charge in [-0.3, -0.25) is 4.90 Å². The van der Waals surface area contributed by atoms with Gasteiger partial charge in [-0.1, -0.05) is 11.2 Å². The van der Waals surface area contributed by atoms with Crippen molar-refractivity contribution in [3.8, 4) is 17.1 Å². The Labute approximate surface area is 162 Å². The number of β-amino-alcohol motifs (C(OH)–C–C–N with tert-alkyl or cyclic N) is 1. The van der Waals surface area contributed by atoms with Gasteiger partial charge in [-0.2, -0.15) is 4.98 Å². The minimum absolute atomic E-state index is 0.216. The fourth-order valence-electron chi connectivity index (χ4n) is 3.21. The van der Waals surface area contributed by atoms with Gasteiger partial charge in [0.25, 0.3) is 0 Å². The van der Waals surface area contributed by atoms with Crippen molar-refractivity contribution in [2.24, 2.45) is 0 Å². The average Bonchev–Trinajstić information content (AvgIpc) is 3.36. The molecule has 3 aromatic rings. The van der Waals surface area contributed by atoms with Gasteiger partial charge >= 0.3 is 6.36 Å². The lowest BCUT2D eigenvalue weighted by molar-refractivity contribution is -0.274. The number of rotatable bonds is 5. The van der Waals surface area contributed by atoms with E-state index in [0.717, 1.165) is 0 Å². The van der Waals surface area contributed by atoms with Crippen molar-refractivity contribution >= 4 is 11.3 Å². The molecule has 1 fully saturated rings. The van der Waals surface area contributed by atoms with E-state index >= 15 is 0 Å². The SMILES string of the molecule is O[C@@H]1C[C@@H](c2nc(-c3ccc(OC(F)(F)F)cc3)no2)N(Cc2cccs2)C1. The van der Waals surface area contributed by atoms with E-state index in [0.29, 0.717) is 31.0 Å². The first-order valence-corrected chi connectivity index (χ1v) is 9.39. The van der Waals surface area contributed by atoms with Gasteiger partial charge < -0.3 is 14.4 Å². The van der Waals surface area contributed by atoms with E-state index in [1.165, 1.54) is 29.1 Å². The molecular weight excluding hydrogens is 395 g/mol. The summed E-state index contributed by atoms with van der Waals surface area (Å²) in [6.07, 6.45) is -4.75. The third-order valence-corrected chi connectivity index (χ3v) is 5.25. The summed E-state index contributed by atoms with van der Waals surface area (Å²) >= 11 is 1.63. The van der Waals surface area contributed by atoms with Crippen LogP contribution in [-0.2, 0) is 6.54 Å². The monoisotopic (exact) mass is 411 g/mol. The van der Waals surface area contributed by atoms with Gasteiger partial charge in [-0.15, -0.1) is 24.5 Å². The molecule has 1 aromatic carbocycles. The van der Waals surface area contributed by atoms with E-state index < -0.39 is 12.5 Å². The quantitative estimate of drug-likeness (QED) is 0.684. The number of ether oxygens (including phenoxy) is 1. The van der Waals surface area contributed by atoms with Gasteiger partial charge in [0.2, 0.25) is 11.7 Å². The Hall–Kier alpha value is -2.43. The summed E-state index contributed by atoms with van der Waals surface area (Å²) in [5.41, 5.74) is 0.507. The molecule has 0 radical (unpaired) electrons. The maximum atomic E-state index is 12.3. The summed E-state index contributed by atoms with van der Waals surface area (Å²) in [4.78, 5) is 7.63. The van der Waals surface area contributed by atoms with E-state index in [1.54, 1.807) is 11.3 Å². The summed E-state index contributed by atoms with van der Waals surface area (Å²) in [5, 5.41) is 16.0. The van der Waals surface area contributed by atoms with Crippen LogP contribution in [-0.4, -0.2) is 39.2 Å². The molecule has 0 amide bonds. The molecular formula is C18H16F3N3O3S. The van der Waals surface area contributed by atoms with Crippen molar-refractivity contribution in [3.63, 3.8) is 0 Å². The molecule has 0 saturated carbocycles. The number of thiophene rings is 1. The number of nitrogens with zero attached hydrogens (tertiary/aromatic N) is 3. The summed E-state index contributed by atoms with van der Waals surface area (Å²) in [5.74, 6) is 0.325. The number of alkyl halides is 3. The Bertz CT molecular complexity index is 912. The zero-order chi connectivity index (χ0) is 19.7. The number of aliphatic hydroxyl groups is 1. The van der Waals surface area contributed by atoms with Gasteiger partial charge in [0, 0.05) is 23.5 Å². The second-order valence-electron chi connectivity index (χ2n) is 6.44. The number of aromatic nitrogens is 2. The minimum Gasteiger partial charge on any atom is -0.406 e. The zero-order valence-corrected chi connectivity index (χ0v) is 15.3. The maximum absolute atomic E-state index is 12.3. The Balaban J connectivity index is 1.50. The molecule has 0 aliphatic carbocycles. The zero-order valence-electron chi connectivity index (χ0n) is 14.5. The van der Waals surface area contributed by atoms with Crippen molar-refractivity contribution in [2.45, 2.75) is 31.5 Å². The van der Waals surface area contributed by atoms with E-state index in [-0.39, 0.29) is 17.6 Å². The molecule has 0 spiro atoms. The van der Waals surface area contributed by atoms with Crippen LogP contribution in [0.15, 0.2) is 46.3 Å². The highest BCUT2D eigenvalue weighted by Crippen LogP contribution is 2.34. The largest absolute Gasteiger partial charge is 0.573 e. The van der Waals surface area contributed by atoms with Crippen molar-refractivity contribution in [3.05, 3.63) is 52.5 Å². The molecule has 0 unspecified atom stereocenters. The van der Waals surface area contributed by atoms with E-state index in [9.17, 15) is 18.3 Å². The normalized spacial score (nSPS) is 20.6. The standard InChI is InChI=1S/C18H16F3N3O3S/c19-18(20,21)26-13-5-3-11(4-6-13)16-22-17(27-23-16)15-8-12(25)9-24(15)10-14-2-1-7-28-14/h1-7,12,15,25H,8-10H2/t12-,15+/m1/s1. The molecule has 3 heterocycles. The van der Waals surface area contributed by atoms with Crippen molar-refractivity contribution in [1.82, 2.24) is 15.0 Å². The Morgan fingerprint density at radius 2 is 2.04 bits per heavy atom. The third-order valence-electron chi connectivity index (χ3n) is 4.39. The van der Waals surface area contributed by atoms with Crippen LogP contribution in [0.5, 0.6) is 5.75 Å². The lowest BCUT2D eigenvalue weighted by Crippen LogP contribution is -2.24. The smallest absolute Gasteiger partial charge is 0.406 e. The predicted octanol–water partition coefficient (Wildman–Crippen LogP) is 4.00. The first-order chi connectivity index (χ1) is 13.4. The summed E-state index contributed by atoms with van der Waals surface area (Å²) in [6.45, 7) is 1.17. The number of aliphatic hydroxyl groups excluding tert-OH is 1.